The van der Waals surface area contributed by atoms with Crippen LogP contribution in [0, 0.1) is 0 Å². The van der Waals surface area contributed by atoms with Crippen LogP contribution in [0.3, 0.4) is 0 Å². The molecule has 0 aromatic carbocycles. The predicted molar refractivity (Wildman–Crippen MR) is 34.6 cm³/mol. The zero-order valence-corrected chi connectivity index (χ0v) is 5.97. The number of allylic oxidation sites excluding steroid dienone is 1. The first-order valence-electron chi connectivity index (χ1n) is 2.76. The van der Waals surface area contributed by atoms with E-state index in [9.17, 15) is 4.57 Å². The van der Waals surface area contributed by atoms with E-state index in [2.05, 4.69) is 6.58 Å². The van der Waals surface area contributed by atoms with Gasteiger partial charge >= 0.3 is 7.60 Å². The fraction of sp³-hybridized carbons (Fsp3) is 0.600. The summed E-state index contributed by atoms with van der Waals surface area (Å²) in [6, 6.07) is 0. The Hall–Kier alpha value is -0.110. The molecule has 3 nitrogen and oxygen atoms in total. The molecule has 1 heterocycles. The first kappa shape index (κ1) is 7.00. The van der Waals surface area contributed by atoms with Gasteiger partial charge in [-0.15, -0.1) is 6.58 Å². The highest BCUT2D eigenvalue weighted by Gasteiger charge is 2.27. The number of rotatable bonds is 2. The van der Waals surface area contributed by atoms with Crippen LogP contribution in [0.1, 0.15) is 0 Å². The molecule has 0 spiro atoms. The summed E-state index contributed by atoms with van der Waals surface area (Å²) in [5.41, 5.74) is 0. The fourth-order valence-electron chi connectivity index (χ4n) is 0.653. The van der Waals surface area contributed by atoms with E-state index in [1.807, 2.05) is 0 Å². The molecule has 4 heteroatoms. The summed E-state index contributed by atoms with van der Waals surface area (Å²) >= 11 is 0. The van der Waals surface area contributed by atoms with Crippen LogP contribution >= 0.6 is 7.60 Å². The molecule has 0 aromatic heterocycles. The zero-order chi connectivity index (χ0) is 6.74. The third kappa shape index (κ3) is 1.65. The lowest BCUT2D eigenvalue weighted by Gasteiger charge is -2.03. The van der Waals surface area contributed by atoms with Crippen molar-refractivity contribution in [3.05, 3.63) is 12.7 Å². The molecule has 0 aliphatic carbocycles. The third-order valence-corrected chi connectivity index (χ3v) is 2.87. The van der Waals surface area contributed by atoms with Gasteiger partial charge in [0.1, 0.15) is 0 Å². The van der Waals surface area contributed by atoms with E-state index in [4.69, 9.17) is 9.05 Å². The summed E-state index contributed by atoms with van der Waals surface area (Å²) in [6.07, 6.45) is 1.87. The van der Waals surface area contributed by atoms with Gasteiger partial charge in [0.2, 0.25) is 0 Å². The minimum absolute atomic E-state index is 0.326. The molecule has 0 bridgehead atoms. The standard InChI is InChI=1S/C5H9O3P/c1-2-5-9(6)7-3-4-8-9/h2H,1,3-5H2. The highest BCUT2D eigenvalue weighted by Crippen LogP contribution is 2.51. The van der Waals surface area contributed by atoms with Gasteiger partial charge in [-0.3, -0.25) is 4.57 Å². The number of hydrogen-bond donors (Lipinski definition) is 0. The SMILES string of the molecule is C=CCP1(=O)OCCO1. The zero-order valence-electron chi connectivity index (χ0n) is 5.08. The molecule has 0 unspecified atom stereocenters. The molecule has 1 aliphatic heterocycles. The van der Waals surface area contributed by atoms with Gasteiger partial charge in [-0.25, -0.2) is 0 Å². The molecule has 1 aliphatic rings. The van der Waals surface area contributed by atoms with Crippen molar-refractivity contribution in [3.8, 4) is 0 Å². The van der Waals surface area contributed by atoms with Crippen LogP contribution in [0.2, 0.25) is 0 Å². The molecule has 0 saturated carbocycles. The molecular weight excluding hydrogens is 139 g/mol. The topological polar surface area (TPSA) is 35.5 Å². The van der Waals surface area contributed by atoms with Crippen molar-refractivity contribution < 1.29 is 13.6 Å². The monoisotopic (exact) mass is 148 g/mol. The summed E-state index contributed by atoms with van der Waals surface area (Å²) in [6.45, 7) is 4.34. The Morgan fingerprint density at radius 1 is 1.56 bits per heavy atom. The molecule has 52 valence electrons. The lowest BCUT2D eigenvalue weighted by molar-refractivity contribution is 0.355. The summed E-state index contributed by atoms with van der Waals surface area (Å²) in [4.78, 5) is 0. The Labute approximate surface area is 54.2 Å². The second-order valence-electron chi connectivity index (χ2n) is 1.75. The van der Waals surface area contributed by atoms with Gasteiger partial charge in [0.25, 0.3) is 0 Å². The van der Waals surface area contributed by atoms with Gasteiger partial charge in [-0.2, -0.15) is 0 Å². The van der Waals surface area contributed by atoms with Crippen LogP contribution in [0.4, 0.5) is 0 Å². The first-order chi connectivity index (χ1) is 4.27. The van der Waals surface area contributed by atoms with Crippen molar-refractivity contribution >= 4 is 7.60 Å². The van der Waals surface area contributed by atoms with Crippen LogP contribution in [0.5, 0.6) is 0 Å². The third-order valence-electron chi connectivity index (χ3n) is 1.01. The minimum atomic E-state index is -2.69. The Kier molecular flexibility index (Phi) is 2.06. The van der Waals surface area contributed by atoms with Crippen LogP contribution in [0.25, 0.3) is 0 Å². The van der Waals surface area contributed by atoms with E-state index >= 15 is 0 Å². The van der Waals surface area contributed by atoms with Gasteiger partial charge in [-0.1, -0.05) is 6.08 Å². The van der Waals surface area contributed by atoms with Crippen LogP contribution < -0.4 is 0 Å². The van der Waals surface area contributed by atoms with Crippen molar-refractivity contribution in [2.24, 2.45) is 0 Å². The van der Waals surface area contributed by atoms with Crippen molar-refractivity contribution in [2.45, 2.75) is 0 Å². The molecule has 0 radical (unpaired) electrons. The highest BCUT2D eigenvalue weighted by molar-refractivity contribution is 7.54. The highest BCUT2D eigenvalue weighted by atomic mass is 31.2. The van der Waals surface area contributed by atoms with Gasteiger partial charge in [0.15, 0.2) is 0 Å². The molecule has 1 fully saturated rings. The van der Waals surface area contributed by atoms with Crippen molar-refractivity contribution in [3.63, 3.8) is 0 Å². The summed E-state index contributed by atoms with van der Waals surface area (Å²) in [5.74, 6) is 0. The summed E-state index contributed by atoms with van der Waals surface area (Å²) in [5, 5.41) is 0. The van der Waals surface area contributed by atoms with E-state index in [0.717, 1.165) is 0 Å². The summed E-state index contributed by atoms with van der Waals surface area (Å²) < 4.78 is 20.8. The maximum atomic E-state index is 11.1. The maximum Gasteiger partial charge on any atom is 0.334 e. The maximum absolute atomic E-state index is 11.1. The van der Waals surface area contributed by atoms with Crippen LogP contribution in [0.15, 0.2) is 12.7 Å². The smallest absolute Gasteiger partial charge is 0.306 e. The second kappa shape index (κ2) is 2.65. The minimum Gasteiger partial charge on any atom is -0.306 e. The lowest BCUT2D eigenvalue weighted by atomic mass is 10.8. The lowest BCUT2D eigenvalue weighted by Crippen LogP contribution is -1.83. The molecule has 0 atom stereocenters. The van der Waals surface area contributed by atoms with E-state index in [-0.39, 0.29) is 0 Å². The van der Waals surface area contributed by atoms with Gasteiger partial charge in [0.05, 0.1) is 19.4 Å². The molecule has 9 heavy (non-hydrogen) atoms. The molecule has 1 rings (SSSR count). The van der Waals surface area contributed by atoms with E-state index in [1.165, 1.54) is 0 Å². The predicted octanol–water partition coefficient (Wildman–Crippen LogP) is 1.41. The molecular formula is C5H9O3P. The van der Waals surface area contributed by atoms with Gasteiger partial charge in [-0.05, 0) is 0 Å². The van der Waals surface area contributed by atoms with Crippen molar-refractivity contribution in [1.82, 2.24) is 0 Å². The number of hydrogen-bond acceptors (Lipinski definition) is 3. The summed E-state index contributed by atoms with van der Waals surface area (Å²) in [7, 11) is -2.69. The molecule has 0 aromatic rings. The molecule has 1 saturated heterocycles. The first-order valence-corrected chi connectivity index (χ1v) is 4.49. The van der Waals surface area contributed by atoms with Crippen molar-refractivity contribution in [2.75, 3.05) is 19.4 Å². The molecule has 0 amide bonds. The van der Waals surface area contributed by atoms with E-state index < -0.39 is 7.60 Å². The van der Waals surface area contributed by atoms with Crippen LogP contribution in [-0.4, -0.2) is 19.4 Å². The average molecular weight is 148 g/mol. The Morgan fingerprint density at radius 2 is 2.11 bits per heavy atom. The molecule has 0 N–H and O–H groups in total. The van der Waals surface area contributed by atoms with E-state index in [1.54, 1.807) is 6.08 Å². The van der Waals surface area contributed by atoms with Crippen LogP contribution in [-0.2, 0) is 13.6 Å². The normalized spacial score (nSPS) is 24.0. The quantitative estimate of drug-likeness (QED) is 0.438. The average Bonchev–Trinajstić information content (AvgIpc) is 2.16. The van der Waals surface area contributed by atoms with Crippen molar-refractivity contribution in [1.29, 1.82) is 0 Å². The Morgan fingerprint density at radius 3 is 2.56 bits per heavy atom. The van der Waals surface area contributed by atoms with Gasteiger partial charge in [0, 0.05) is 0 Å². The Balaban J connectivity index is 2.51. The largest absolute Gasteiger partial charge is 0.334 e. The second-order valence-corrected chi connectivity index (χ2v) is 3.85. The fourth-order valence-corrected chi connectivity index (χ4v) is 1.96. The van der Waals surface area contributed by atoms with E-state index in [0.29, 0.717) is 19.4 Å². The van der Waals surface area contributed by atoms with Gasteiger partial charge < -0.3 is 9.05 Å². The Bertz CT molecular complexity index is 144.